The van der Waals surface area contributed by atoms with E-state index in [-0.39, 0.29) is 11.8 Å². The Kier molecular flexibility index (Phi) is 4.27. The van der Waals surface area contributed by atoms with Gasteiger partial charge in [0.15, 0.2) is 0 Å². The summed E-state index contributed by atoms with van der Waals surface area (Å²) < 4.78 is 5.26. The van der Waals surface area contributed by atoms with Gasteiger partial charge in [0.1, 0.15) is 0 Å². The molecule has 0 radical (unpaired) electrons. The van der Waals surface area contributed by atoms with Gasteiger partial charge < -0.3 is 10.1 Å². The van der Waals surface area contributed by atoms with Gasteiger partial charge in [0.2, 0.25) is 5.91 Å². The van der Waals surface area contributed by atoms with Crippen molar-refractivity contribution >= 4 is 17.5 Å². The number of hydrogen-bond acceptors (Lipinski definition) is 2. The molecule has 3 atom stereocenters. The summed E-state index contributed by atoms with van der Waals surface area (Å²) in [5.41, 5.74) is 2.82. The summed E-state index contributed by atoms with van der Waals surface area (Å²) in [7, 11) is 0. The number of benzene rings is 1. The molecule has 1 saturated carbocycles. The maximum absolute atomic E-state index is 12.2. The molecule has 2 aliphatic rings. The normalized spacial score (nSPS) is 26.6. The quantitative estimate of drug-likeness (QED) is 0.646. The number of carbonyl (C=O) groups is 1. The fourth-order valence-electron chi connectivity index (χ4n) is 3.44. The smallest absolute Gasteiger partial charge is 0.224 e. The van der Waals surface area contributed by atoms with Gasteiger partial charge in [-0.05, 0) is 35.8 Å². The number of nitrogens with one attached hydrogen (secondary N) is 1. The van der Waals surface area contributed by atoms with Crippen LogP contribution in [0, 0.1) is 11.8 Å². The summed E-state index contributed by atoms with van der Waals surface area (Å²) in [5, 5.41) is 2.98. The van der Waals surface area contributed by atoms with Crippen LogP contribution in [0.1, 0.15) is 23.5 Å². The Morgan fingerprint density at radius 1 is 1.35 bits per heavy atom. The first kappa shape index (κ1) is 13.9. The minimum atomic E-state index is 0.173. The number of amides is 1. The molecule has 108 valence electrons. The highest BCUT2D eigenvalue weighted by Gasteiger charge is 2.56. The number of halogens is 1. The Hall–Kier alpha value is -1.06. The molecule has 0 saturated heterocycles. The average molecular weight is 294 g/mol. The van der Waals surface area contributed by atoms with Gasteiger partial charge in [0, 0.05) is 18.3 Å². The molecule has 20 heavy (non-hydrogen) atoms. The van der Waals surface area contributed by atoms with Crippen LogP contribution in [0.2, 0.25) is 0 Å². The molecule has 1 fully saturated rings. The van der Waals surface area contributed by atoms with Gasteiger partial charge >= 0.3 is 0 Å². The minimum absolute atomic E-state index is 0.173. The van der Waals surface area contributed by atoms with Gasteiger partial charge in [-0.1, -0.05) is 24.3 Å². The molecule has 1 amide bonds. The Balaban J connectivity index is 1.52. The molecule has 3 nitrogen and oxygen atoms in total. The Morgan fingerprint density at radius 2 is 2.20 bits per heavy atom. The van der Waals surface area contributed by atoms with Gasteiger partial charge in [0.25, 0.3) is 0 Å². The van der Waals surface area contributed by atoms with E-state index in [1.807, 2.05) is 0 Å². The van der Waals surface area contributed by atoms with Crippen LogP contribution in [0.4, 0.5) is 0 Å². The van der Waals surface area contributed by atoms with Crippen LogP contribution in [0.15, 0.2) is 24.3 Å². The second-order valence-electron chi connectivity index (χ2n) is 5.55. The highest BCUT2D eigenvalue weighted by atomic mass is 35.5. The van der Waals surface area contributed by atoms with Crippen molar-refractivity contribution in [1.82, 2.24) is 5.32 Å². The summed E-state index contributed by atoms with van der Waals surface area (Å²) in [4.78, 5) is 12.2. The van der Waals surface area contributed by atoms with Gasteiger partial charge in [-0.25, -0.2) is 0 Å². The van der Waals surface area contributed by atoms with Crippen molar-refractivity contribution < 1.29 is 9.53 Å². The zero-order chi connectivity index (χ0) is 13.9. The number of carbonyl (C=O) groups excluding carboxylic acids is 1. The fraction of sp³-hybridized carbons (Fsp3) is 0.562. The highest BCUT2D eigenvalue weighted by Crippen LogP contribution is 2.59. The summed E-state index contributed by atoms with van der Waals surface area (Å²) in [6.07, 6.45) is 2.25. The van der Waals surface area contributed by atoms with Crippen LogP contribution >= 0.6 is 11.6 Å². The standard InChI is InChI=1S/C16H20ClNO2/c17-7-9-20-10-8-18-16(19)15-13-6-5-11-3-1-2-4-12(11)14(13)15/h1-4,13-15H,5-10H2,(H,18,19). The number of rotatable bonds is 6. The molecular weight excluding hydrogens is 274 g/mol. The maximum atomic E-state index is 12.2. The van der Waals surface area contributed by atoms with E-state index in [1.165, 1.54) is 11.1 Å². The zero-order valence-electron chi connectivity index (χ0n) is 11.5. The zero-order valence-corrected chi connectivity index (χ0v) is 12.2. The fourth-order valence-corrected chi connectivity index (χ4v) is 3.55. The van der Waals surface area contributed by atoms with Crippen LogP contribution in [-0.2, 0) is 16.0 Å². The molecule has 1 aromatic rings. The number of fused-ring (bicyclic) bond motifs is 3. The molecule has 0 aliphatic heterocycles. The lowest BCUT2D eigenvalue weighted by Gasteiger charge is -2.13. The van der Waals surface area contributed by atoms with Crippen molar-refractivity contribution in [3.63, 3.8) is 0 Å². The predicted octanol–water partition coefficient (Wildman–Crippen LogP) is 2.33. The minimum Gasteiger partial charge on any atom is -0.378 e. The van der Waals surface area contributed by atoms with E-state index < -0.39 is 0 Å². The molecule has 2 aliphatic carbocycles. The number of hydrogen-bond donors (Lipinski definition) is 1. The van der Waals surface area contributed by atoms with Gasteiger partial charge in [0.05, 0.1) is 13.2 Å². The summed E-state index contributed by atoms with van der Waals surface area (Å²) in [6, 6.07) is 8.54. The number of alkyl halides is 1. The highest BCUT2D eigenvalue weighted by molar-refractivity contribution is 6.17. The van der Waals surface area contributed by atoms with E-state index >= 15 is 0 Å². The van der Waals surface area contributed by atoms with Gasteiger partial charge in [-0.2, -0.15) is 0 Å². The third kappa shape index (κ3) is 2.70. The first-order valence-electron chi connectivity index (χ1n) is 7.32. The molecule has 0 aromatic heterocycles. The lowest BCUT2D eigenvalue weighted by atomic mass is 9.92. The summed E-state index contributed by atoms with van der Waals surface area (Å²) in [5.74, 6) is 1.85. The molecular formula is C16H20ClNO2. The monoisotopic (exact) mass is 293 g/mol. The number of aryl methyl sites for hydroxylation is 1. The topological polar surface area (TPSA) is 38.3 Å². The lowest BCUT2D eigenvalue weighted by Crippen LogP contribution is -2.29. The van der Waals surface area contributed by atoms with Gasteiger partial charge in [-0.3, -0.25) is 4.79 Å². The Bertz CT molecular complexity index is 491. The Labute approximate surface area is 124 Å². The van der Waals surface area contributed by atoms with E-state index in [1.54, 1.807) is 0 Å². The molecule has 0 bridgehead atoms. The van der Waals surface area contributed by atoms with Crippen molar-refractivity contribution in [3.8, 4) is 0 Å². The van der Waals surface area contributed by atoms with Crippen molar-refractivity contribution in [2.45, 2.75) is 18.8 Å². The summed E-state index contributed by atoms with van der Waals surface area (Å²) in [6.45, 7) is 1.66. The van der Waals surface area contributed by atoms with E-state index in [0.29, 0.717) is 37.5 Å². The molecule has 3 rings (SSSR count). The molecule has 3 unspecified atom stereocenters. The molecule has 0 heterocycles. The van der Waals surface area contributed by atoms with Crippen molar-refractivity contribution in [2.24, 2.45) is 11.8 Å². The van der Waals surface area contributed by atoms with Crippen LogP contribution in [0.25, 0.3) is 0 Å². The summed E-state index contributed by atoms with van der Waals surface area (Å²) >= 11 is 5.52. The first-order valence-corrected chi connectivity index (χ1v) is 7.85. The third-order valence-corrected chi connectivity index (χ3v) is 4.55. The van der Waals surface area contributed by atoms with Crippen LogP contribution < -0.4 is 5.32 Å². The second-order valence-corrected chi connectivity index (χ2v) is 5.92. The largest absolute Gasteiger partial charge is 0.378 e. The Morgan fingerprint density at radius 3 is 3.05 bits per heavy atom. The molecule has 1 N–H and O–H groups in total. The van der Waals surface area contributed by atoms with E-state index in [0.717, 1.165) is 12.8 Å². The first-order chi connectivity index (χ1) is 9.83. The van der Waals surface area contributed by atoms with E-state index in [2.05, 4.69) is 29.6 Å². The van der Waals surface area contributed by atoms with E-state index in [4.69, 9.17) is 16.3 Å². The SMILES string of the molecule is O=C(NCCOCCCl)C1C2CCc3ccccc3C21. The third-order valence-electron chi connectivity index (χ3n) is 4.40. The lowest BCUT2D eigenvalue weighted by molar-refractivity contribution is -0.122. The van der Waals surface area contributed by atoms with Crippen LogP contribution in [-0.4, -0.2) is 31.5 Å². The molecule has 0 spiro atoms. The number of ether oxygens (including phenoxy) is 1. The van der Waals surface area contributed by atoms with Crippen molar-refractivity contribution in [3.05, 3.63) is 35.4 Å². The maximum Gasteiger partial charge on any atom is 0.224 e. The predicted molar refractivity (Wildman–Crippen MR) is 79.0 cm³/mol. The molecule has 4 heteroatoms. The average Bonchev–Trinajstić information content (AvgIpc) is 3.22. The second kappa shape index (κ2) is 6.15. The van der Waals surface area contributed by atoms with Gasteiger partial charge in [-0.15, -0.1) is 11.6 Å². The van der Waals surface area contributed by atoms with Crippen LogP contribution in [0.5, 0.6) is 0 Å². The van der Waals surface area contributed by atoms with E-state index in [9.17, 15) is 4.79 Å². The van der Waals surface area contributed by atoms with Crippen LogP contribution in [0.3, 0.4) is 0 Å². The van der Waals surface area contributed by atoms with Crippen molar-refractivity contribution in [1.29, 1.82) is 0 Å². The molecule has 1 aromatic carbocycles. The van der Waals surface area contributed by atoms with Crippen molar-refractivity contribution in [2.75, 3.05) is 25.6 Å².